The van der Waals surface area contributed by atoms with E-state index in [0.717, 1.165) is 6.07 Å². The molecule has 0 saturated heterocycles. The summed E-state index contributed by atoms with van der Waals surface area (Å²) in [5.41, 5.74) is 1.34. The summed E-state index contributed by atoms with van der Waals surface area (Å²) in [6.07, 6.45) is 1.38. The third-order valence-electron chi connectivity index (χ3n) is 4.69. The number of carbonyl (C=O) groups excluding carboxylic acids is 2. The van der Waals surface area contributed by atoms with E-state index in [-0.39, 0.29) is 33.2 Å². The molecule has 0 saturated carbocycles. The van der Waals surface area contributed by atoms with Crippen molar-refractivity contribution >= 4 is 29.2 Å². The zero-order valence-corrected chi connectivity index (χ0v) is 19.6. The maximum Gasteiger partial charge on any atom is 0.356 e. The van der Waals surface area contributed by atoms with E-state index in [2.05, 4.69) is 20.0 Å². The standard InChI is InChI=1S/C24H23ClFN3O4/c1-13-21(22(30)29-15-8-9-27-17(11-15)23(31)32-5)19(12-20(28-13)24(2,3)4)33-18-7-6-14(26)10-16(18)25/h6-12H,1-5H3,(H,27,29,30). The number of carbonyl (C=O) groups is 2. The molecular formula is C24H23ClFN3O4. The molecule has 7 nitrogen and oxygen atoms in total. The predicted molar refractivity (Wildman–Crippen MR) is 123 cm³/mol. The highest BCUT2D eigenvalue weighted by atomic mass is 35.5. The van der Waals surface area contributed by atoms with Gasteiger partial charge in [0.25, 0.3) is 5.91 Å². The smallest absolute Gasteiger partial charge is 0.356 e. The molecule has 0 radical (unpaired) electrons. The third kappa shape index (κ3) is 5.64. The van der Waals surface area contributed by atoms with Gasteiger partial charge in [-0.05, 0) is 37.3 Å². The summed E-state index contributed by atoms with van der Waals surface area (Å²) in [5, 5.41) is 2.79. The molecule has 0 bridgehead atoms. The number of pyridine rings is 2. The van der Waals surface area contributed by atoms with Crippen molar-refractivity contribution in [2.24, 2.45) is 0 Å². The van der Waals surface area contributed by atoms with Gasteiger partial charge in [-0.3, -0.25) is 9.78 Å². The number of amides is 1. The minimum absolute atomic E-state index is 0.0443. The zero-order chi connectivity index (χ0) is 24.3. The first-order chi connectivity index (χ1) is 15.5. The summed E-state index contributed by atoms with van der Waals surface area (Å²) < 4.78 is 24.1. The third-order valence-corrected chi connectivity index (χ3v) is 4.98. The molecule has 0 atom stereocenters. The first-order valence-corrected chi connectivity index (χ1v) is 10.4. The Bertz CT molecular complexity index is 1220. The molecular weight excluding hydrogens is 449 g/mol. The number of aromatic nitrogens is 2. The Kier molecular flexibility index (Phi) is 6.98. The van der Waals surface area contributed by atoms with Crippen LogP contribution in [0.1, 0.15) is 53.0 Å². The second-order valence-electron chi connectivity index (χ2n) is 8.27. The first kappa shape index (κ1) is 24.1. The van der Waals surface area contributed by atoms with E-state index < -0.39 is 17.7 Å². The summed E-state index contributed by atoms with van der Waals surface area (Å²) in [4.78, 5) is 33.5. The van der Waals surface area contributed by atoms with Gasteiger partial charge >= 0.3 is 5.97 Å². The molecule has 2 heterocycles. The van der Waals surface area contributed by atoms with Gasteiger partial charge in [-0.1, -0.05) is 32.4 Å². The number of ether oxygens (including phenoxy) is 2. The zero-order valence-electron chi connectivity index (χ0n) is 18.8. The summed E-state index contributed by atoms with van der Waals surface area (Å²) >= 11 is 6.14. The average Bonchev–Trinajstić information content (AvgIpc) is 2.74. The largest absolute Gasteiger partial charge is 0.464 e. The molecule has 1 N–H and O–H groups in total. The lowest BCUT2D eigenvalue weighted by Crippen LogP contribution is -2.20. The van der Waals surface area contributed by atoms with Crippen LogP contribution in [0.4, 0.5) is 10.1 Å². The maximum absolute atomic E-state index is 13.5. The fourth-order valence-corrected chi connectivity index (χ4v) is 3.18. The van der Waals surface area contributed by atoms with Crippen LogP contribution in [-0.4, -0.2) is 29.0 Å². The van der Waals surface area contributed by atoms with E-state index in [4.69, 9.17) is 16.3 Å². The van der Waals surface area contributed by atoms with Crippen molar-refractivity contribution in [3.8, 4) is 11.5 Å². The minimum atomic E-state index is -0.631. The van der Waals surface area contributed by atoms with Gasteiger partial charge in [-0.25, -0.2) is 14.2 Å². The SMILES string of the molecule is COC(=O)c1cc(NC(=O)c2c(Oc3ccc(F)cc3Cl)cc(C(C)(C)C)nc2C)ccn1. The quantitative estimate of drug-likeness (QED) is 0.479. The summed E-state index contributed by atoms with van der Waals surface area (Å²) in [6, 6.07) is 8.32. The Morgan fingerprint density at radius 3 is 2.45 bits per heavy atom. The lowest BCUT2D eigenvalue weighted by Gasteiger charge is -2.22. The van der Waals surface area contributed by atoms with Crippen molar-refractivity contribution in [1.82, 2.24) is 9.97 Å². The number of methoxy groups -OCH3 is 1. The monoisotopic (exact) mass is 471 g/mol. The van der Waals surface area contributed by atoms with Gasteiger partial charge in [0, 0.05) is 29.1 Å². The number of hydrogen-bond donors (Lipinski definition) is 1. The van der Waals surface area contributed by atoms with Crippen LogP contribution in [0.25, 0.3) is 0 Å². The molecule has 1 amide bonds. The van der Waals surface area contributed by atoms with Crippen LogP contribution < -0.4 is 10.1 Å². The van der Waals surface area contributed by atoms with Gasteiger partial charge < -0.3 is 14.8 Å². The van der Waals surface area contributed by atoms with Crippen LogP contribution in [0.15, 0.2) is 42.6 Å². The van der Waals surface area contributed by atoms with Gasteiger partial charge in [0.2, 0.25) is 0 Å². The van der Waals surface area contributed by atoms with Crippen LogP contribution in [0, 0.1) is 12.7 Å². The molecule has 172 valence electrons. The molecule has 3 rings (SSSR count). The van der Waals surface area contributed by atoms with E-state index >= 15 is 0 Å². The minimum Gasteiger partial charge on any atom is -0.464 e. The normalized spacial score (nSPS) is 11.1. The van der Waals surface area contributed by atoms with Crippen molar-refractivity contribution in [3.63, 3.8) is 0 Å². The molecule has 0 spiro atoms. The van der Waals surface area contributed by atoms with Crippen molar-refractivity contribution in [1.29, 1.82) is 0 Å². The number of halogens is 2. The predicted octanol–water partition coefficient (Wildman–Crippen LogP) is 5.71. The lowest BCUT2D eigenvalue weighted by molar-refractivity contribution is 0.0594. The van der Waals surface area contributed by atoms with Crippen molar-refractivity contribution < 1.29 is 23.5 Å². The van der Waals surface area contributed by atoms with E-state index in [1.807, 2.05) is 20.8 Å². The molecule has 0 aliphatic carbocycles. The number of nitrogens with one attached hydrogen (secondary N) is 1. The van der Waals surface area contributed by atoms with Gasteiger partial charge in [0.1, 0.15) is 28.6 Å². The second-order valence-corrected chi connectivity index (χ2v) is 8.68. The lowest BCUT2D eigenvalue weighted by atomic mass is 9.90. The Hall–Kier alpha value is -3.52. The number of aryl methyl sites for hydroxylation is 1. The van der Waals surface area contributed by atoms with Gasteiger partial charge in [0.15, 0.2) is 0 Å². The Morgan fingerprint density at radius 1 is 1.09 bits per heavy atom. The maximum atomic E-state index is 13.5. The van der Waals surface area contributed by atoms with Gasteiger partial charge in [0.05, 0.1) is 17.8 Å². The summed E-state index contributed by atoms with van der Waals surface area (Å²) in [6.45, 7) is 7.63. The number of benzene rings is 1. The second kappa shape index (κ2) is 9.54. The van der Waals surface area contributed by atoms with Gasteiger partial charge in [-0.15, -0.1) is 0 Å². The first-order valence-electron chi connectivity index (χ1n) is 10.0. The molecule has 0 fully saturated rings. The van der Waals surface area contributed by atoms with Crippen LogP contribution in [0.5, 0.6) is 11.5 Å². The molecule has 3 aromatic rings. The fourth-order valence-electron chi connectivity index (χ4n) is 2.98. The molecule has 0 aliphatic rings. The van der Waals surface area contributed by atoms with Crippen molar-refractivity contribution in [2.75, 3.05) is 12.4 Å². The Balaban J connectivity index is 2.04. The Morgan fingerprint density at radius 2 is 1.82 bits per heavy atom. The highest BCUT2D eigenvalue weighted by Crippen LogP contribution is 2.35. The number of rotatable bonds is 5. The Labute approximate surface area is 195 Å². The number of esters is 1. The van der Waals surface area contributed by atoms with Crippen LogP contribution in [0.3, 0.4) is 0 Å². The van der Waals surface area contributed by atoms with E-state index in [0.29, 0.717) is 17.1 Å². The number of anilines is 1. The molecule has 9 heteroatoms. The highest BCUT2D eigenvalue weighted by molar-refractivity contribution is 6.32. The van der Waals surface area contributed by atoms with E-state index in [1.54, 1.807) is 13.0 Å². The average molecular weight is 472 g/mol. The summed E-state index contributed by atoms with van der Waals surface area (Å²) in [5.74, 6) is -1.26. The van der Waals surface area contributed by atoms with Gasteiger partial charge in [-0.2, -0.15) is 0 Å². The summed E-state index contributed by atoms with van der Waals surface area (Å²) in [7, 11) is 1.24. The molecule has 2 aromatic heterocycles. The highest BCUT2D eigenvalue weighted by Gasteiger charge is 2.25. The number of nitrogens with zero attached hydrogens (tertiary/aromatic N) is 2. The van der Waals surface area contributed by atoms with Crippen LogP contribution in [-0.2, 0) is 10.2 Å². The molecule has 0 aliphatic heterocycles. The fraction of sp³-hybridized carbons (Fsp3) is 0.250. The topological polar surface area (TPSA) is 90.4 Å². The van der Waals surface area contributed by atoms with Crippen molar-refractivity contribution in [2.45, 2.75) is 33.1 Å². The van der Waals surface area contributed by atoms with Crippen LogP contribution in [0.2, 0.25) is 5.02 Å². The van der Waals surface area contributed by atoms with Crippen molar-refractivity contribution in [3.05, 3.63) is 76.1 Å². The molecule has 0 unspecified atom stereocenters. The van der Waals surface area contributed by atoms with Crippen LogP contribution >= 0.6 is 11.6 Å². The van der Waals surface area contributed by atoms with E-state index in [9.17, 15) is 14.0 Å². The molecule has 33 heavy (non-hydrogen) atoms. The van der Waals surface area contributed by atoms with E-state index in [1.165, 1.54) is 37.6 Å². The molecule has 1 aromatic carbocycles. The number of hydrogen-bond acceptors (Lipinski definition) is 6.